The summed E-state index contributed by atoms with van der Waals surface area (Å²) in [5.74, 6) is -0.00490. The van der Waals surface area contributed by atoms with Gasteiger partial charge in [-0.05, 0) is 30.5 Å². The van der Waals surface area contributed by atoms with E-state index in [0.29, 0.717) is 24.5 Å². The van der Waals surface area contributed by atoms with Gasteiger partial charge in [0, 0.05) is 17.0 Å². The van der Waals surface area contributed by atoms with Crippen molar-refractivity contribution in [3.8, 4) is 5.75 Å². The average Bonchev–Trinajstić information content (AvgIpc) is 2.29. The van der Waals surface area contributed by atoms with Crippen molar-refractivity contribution < 1.29 is 19.4 Å². The van der Waals surface area contributed by atoms with Gasteiger partial charge in [0.1, 0.15) is 5.75 Å². The Morgan fingerprint density at radius 2 is 2.29 bits per heavy atom. The molecule has 0 radical (unpaired) electrons. The number of fused-ring (bicyclic) bond motifs is 1. The third-order valence-electron chi connectivity index (χ3n) is 2.62. The van der Waals surface area contributed by atoms with Gasteiger partial charge in [0.05, 0.1) is 6.61 Å². The van der Waals surface area contributed by atoms with Gasteiger partial charge in [0.15, 0.2) is 6.79 Å². The number of halogens is 1. The van der Waals surface area contributed by atoms with Gasteiger partial charge in [-0.2, -0.15) is 0 Å². The van der Waals surface area contributed by atoms with Crippen LogP contribution < -0.4 is 4.74 Å². The van der Waals surface area contributed by atoms with Crippen LogP contribution >= 0.6 is 11.6 Å². The van der Waals surface area contributed by atoms with Crippen LogP contribution in [0, 0.1) is 0 Å². The number of benzene rings is 1. The van der Waals surface area contributed by atoms with Crippen molar-refractivity contribution in [1.82, 2.24) is 0 Å². The molecule has 5 heteroatoms. The third-order valence-corrected chi connectivity index (χ3v) is 2.97. The minimum absolute atomic E-state index is 0.150. The summed E-state index contributed by atoms with van der Waals surface area (Å²) in [5, 5.41) is 9.22. The van der Waals surface area contributed by atoms with Gasteiger partial charge in [-0.1, -0.05) is 11.6 Å². The normalized spacial score (nSPS) is 13.9. The molecular formula is C12H13ClO4. The smallest absolute Gasteiger partial charge is 0.303 e. The summed E-state index contributed by atoms with van der Waals surface area (Å²) in [6.45, 7) is 0.758. The van der Waals surface area contributed by atoms with Gasteiger partial charge in [-0.15, -0.1) is 0 Å². The number of rotatable bonds is 4. The third kappa shape index (κ3) is 3.11. The minimum Gasteiger partial charge on any atom is -0.481 e. The summed E-state index contributed by atoms with van der Waals surface area (Å²) in [7, 11) is 0. The number of hydrogen-bond donors (Lipinski definition) is 1. The van der Waals surface area contributed by atoms with Gasteiger partial charge >= 0.3 is 5.97 Å². The molecule has 0 saturated carbocycles. The molecule has 1 aliphatic rings. The summed E-state index contributed by atoms with van der Waals surface area (Å²) in [4.78, 5) is 10.4. The number of hydrogen-bond acceptors (Lipinski definition) is 3. The second kappa shape index (κ2) is 5.38. The molecule has 0 spiro atoms. The van der Waals surface area contributed by atoms with E-state index in [1.165, 1.54) is 0 Å². The van der Waals surface area contributed by atoms with Crippen molar-refractivity contribution in [2.45, 2.75) is 25.9 Å². The molecule has 0 aliphatic carbocycles. The van der Waals surface area contributed by atoms with Crippen molar-refractivity contribution >= 4 is 17.6 Å². The lowest BCUT2D eigenvalue weighted by atomic mass is 10.0. The molecule has 17 heavy (non-hydrogen) atoms. The van der Waals surface area contributed by atoms with E-state index in [-0.39, 0.29) is 13.2 Å². The number of ether oxygens (including phenoxy) is 2. The number of carboxylic acids is 1. The molecule has 0 fully saturated rings. The van der Waals surface area contributed by atoms with E-state index in [4.69, 9.17) is 26.2 Å². The number of carbonyl (C=O) groups is 1. The zero-order valence-electron chi connectivity index (χ0n) is 9.24. The Morgan fingerprint density at radius 3 is 3.06 bits per heavy atom. The summed E-state index contributed by atoms with van der Waals surface area (Å²) >= 11 is 6.12. The molecule has 0 bridgehead atoms. The predicted octanol–water partition coefficient (Wildman–Crippen LogP) is 2.61. The van der Waals surface area contributed by atoms with Crippen LogP contribution in [0.5, 0.6) is 5.75 Å². The molecule has 1 aliphatic heterocycles. The maximum atomic E-state index is 10.4. The van der Waals surface area contributed by atoms with E-state index in [1.54, 1.807) is 0 Å². The van der Waals surface area contributed by atoms with Crippen LogP contribution in [-0.2, 0) is 22.6 Å². The van der Waals surface area contributed by atoms with E-state index in [2.05, 4.69) is 0 Å². The van der Waals surface area contributed by atoms with Crippen molar-refractivity contribution in [3.63, 3.8) is 0 Å². The summed E-state index contributed by atoms with van der Waals surface area (Å²) < 4.78 is 10.5. The molecule has 0 atom stereocenters. The van der Waals surface area contributed by atoms with E-state index in [1.807, 2.05) is 12.1 Å². The molecule has 1 aromatic carbocycles. The van der Waals surface area contributed by atoms with Crippen LogP contribution in [-0.4, -0.2) is 17.9 Å². The first-order valence-corrected chi connectivity index (χ1v) is 5.78. The monoisotopic (exact) mass is 256 g/mol. The first-order chi connectivity index (χ1) is 8.16. The highest BCUT2D eigenvalue weighted by Gasteiger charge is 2.14. The van der Waals surface area contributed by atoms with Gasteiger partial charge in [-0.25, -0.2) is 0 Å². The fourth-order valence-corrected chi connectivity index (χ4v) is 2.04. The van der Waals surface area contributed by atoms with Gasteiger partial charge < -0.3 is 14.6 Å². The molecule has 1 aromatic rings. The topological polar surface area (TPSA) is 55.8 Å². The van der Waals surface area contributed by atoms with E-state index in [9.17, 15) is 4.79 Å². The Labute approximate surface area is 104 Å². The van der Waals surface area contributed by atoms with Crippen molar-refractivity contribution in [3.05, 3.63) is 28.3 Å². The second-order valence-corrected chi connectivity index (χ2v) is 4.32. The lowest BCUT2D eigenvalue weighted by Gasteiger charge is -2.19. The fraction of sp³-hybridized carbons (Fsp3) is 0.417. The Balaban J connectivity index is 2.09. The SMILES string of the molecule is O=C(O)CCCc1cc2c(cc1Cl)COCO2. The molecule has 1 N–H and O–H groups in total. The number of carboxylic acid groups (broad SMARTS) is 1. The van der Waals surface area contributed by atoms with E-state index in [0.717, 1.165) is 16.9 Å². The Morgan fingerprint density at radius 1 is 1.47 bits per heavy atom. The molecule has 92 valence electrons. The van der Waals surface area contributed by atoms with Crippen LogP contribution in [0.1, 0.15) is 24.0 Å². The molecule has 0 unspecified atom stereocenters. The summed E-state index contributed by atoms with van der Waals surface area (Å²) in [5.41, 5.74) is 1.86. The van der Waals surface area contributed by atoms with Gasteiger partial charge in [-0.3, -0.25) is 4.79 Å². The molecule has 0 amide bonds. The Bertz CT molecular complexity index is 431. The maximum Gasteiger partial charge on any atom is 0.303 e. The summed E-state index contributed by atoms with van der Waals surface area (Å²) in [6.07, 6.45) is 1.37. The lowest BCUT2D eigenvalue weighted by molar-refractivity contribution is -0.137. The fourth-order valence-electron chi connectivity index (χ4n) is 1.76. The molecule has 2 rings (SSSR count). The predicted molar refractivity (Wildman–Crippen MR) is 62.3 cm³/mol. The average molecular weight is 257 g/mol. The quantitative estimate of drug-likeness (QED) is 0.900. The zero-order valence-corrected chi connectivity index (χ0v) is 10.00. The number of aliphatic carboxylic acids is 1. The highest BCUT2D eigenvalue weighted by molar-refractivity contribution is 6.31. The zero-order chi connectivity index (χ0) is 12.3. The molecule has 0 aromatic heterocycles. The van der Waals surface area contributed by atoms with Crippen molar-refractivity contribution in [2.24, 2.45) is 0 Å². The molecule has 4 nitrogen and oxygen atoms in total. The van der Waals surface area contributed by atoms with E-state index >= 15 is 0 Å². The van der Waals surface area contributed by atoms with E-state index < -0.39 is 5.97 Å². The summed E-state index contributed by atoms with van der Waals surface area (Å²) in [6, 6.07) is 3.70. The van der Waals surface area contributed by atoms with Crippen LogP contribution in [0.2, 0.25) is 5.02 Å². The molecule has 0 saturated heterocycles. The first kappa shape index (κ1) is 12.2. The Hall–Kier alpha value is -1.26. The maximum absolute atomic E-state index is 10.4. The van der Waals surface area contributed by atoms with Crippen LogP contribution in [0.4, 0.5) is 0 Å². The van der Waals surface area contributed by atoms with Gasteiger partial charge in [0.2, 0.25) is 0 Å². The first-order valence-electron chi connectivity index (χ1n) is 5.40. The standard InChI is InChI=1S/C12H13ClO4/c13-10-4-9-6-16-7-17-11(9)5-8(10)2-1-3-12(14)15/h4-5H,1-3,6-7H2,(H,14,15). The van der Waals surface area contributed by atoms with Gasteiger partial charge in [0.25, 0.3) is 0 Å². The number of aryl methyl sites for hydroxylation is 1. The van der Waals surface area contributed by atoms with Crippen LogP contribution in [0.25, 0.3) is 0 Å². The lowest BCUT2D eigenvalue weighted by Crippen LogP contribution is -2.11. The van der Waals surface area contributed by atoms with Crippen molar-refractivity contribution in [1.29, 1.82) is 0 Å². The van der Waals surface area contributed by atoms with Crippen LogP contribution in [0.15, 0.2) is 12.1 Å². The largest absolute Gasteiger partial charge is 0.481 e. The Kier molecular flexibility index (Phi) is 3.86. The minimum atomic E-state index is -0.788. The molecule has 1 heterocycles. The highest BCUT2D eigenvalue weighted by Crippen LogP contribution is 2.30. The molecular weight excluding hydrogens is 244 g/mol. The second-order valence-electron chi connectivity index (χ2n) is 3.91. The van der Waals surface area contributed by atoms with Crippen LogP contribution in [0.3, 0.4) is 0 Å². The van der Waals surface area contributed by atoms with Crippen molar-refractivity contribution in [2.75, 3.05) is 6.79 Å². The highest BCUT2D eigenvalue weighted by atomic mass is 35.5.